The Morgan fingerprint density at radius 1 is 0.933 bits per heavy atom. The molecule has 0 amide bonds. The van der Waals surface area contributed by atoms with Gasteiger partial charge >= 0.3 is 0 Å². The van der Waals surface area contributed by atoms with E-state index in [-0.39, 0.29) is 19.5 Å². The van der Waals surface area contributed by atoms with Gasteiger partial charge in [-0.1, -0.05) is 20.3 Å². The maximum Gasteiger partial charge on any atom is 0 e. The van der Waals surface area contributed by atoms with Crippen molar-refractivity contribution in [3.05, 3.63) is 44.9 Å². The molecule has 1 saturated carbocycles. The zero-order valence-corrected chi connectivity index (χ0v) is 11.5. The Morgan fingerprint density at radius 3 is 1.53 bits per heavy atom. The summed E-state index contributed by atoms with van der Waals surface area (Å²) in [6.07, 6.45) is 21.4. The van der Waals surface area contributed by atoms with E-state index in [1.807, 2.05) is 13.3 Å². The van der Waals surface area contributed by atoms with Crippen LogP contribution in [0, 0.1) is 44.9 Å². The normalized spacial score (nSPS) is 16.4. The molecule has 0 aromatic rings. The summed E-state index contributed by atoms with van der Waals surface area (Å²) in [5, 5.41) is 0. The van der Waals surface area contributed by atoms with Gasteiger partial charge in [-0.05, 0) is 70.6 Å². The average molecular weight is 294 g/mol. The van der Waals surface area contributed by atoms with Crippen LogP contribution in [0.4, 0.5) is 0 Å². The topological polar surface area (TPSA) is 0 Å². The van der Waals surface area contributed by atoms with Crippen LogP contribution in [-0.4, -0.2) is 0 Å². The van der Waals surface area contributed by atoms with Crippen molar-refractivity contribution in [3.8, 4) is 0 Å². The van der Waals surface area contributed by atoms with Crippen LogP contribution in [0.15, 0.2) is 0 Å². The molecule has 15 heavy (non-hydrogen) atoms. The van der Waals surface area contributed by atoms with Gasteiger partial charge in [-0.3, -0.25) is 0 Å². The fraction of sp³-hybridized carbons (Fsp3) is 0.500. The molecule has 0 saturated heterocycles. The fourth-order valence-electron chi connectivity index (χ4n) is 1.13. The Bertz CT molecular complexity index is 63.3. The Labute approximate surface area is 110 Å². The molecule has 1 aliphatic carbocycles. The van der Waals surface area contributed by atoms with Crippen LogP contribution >= 0.6 is 0 Å². The van der Waals surface area contributed by atoms with E-state index >= 15 is 0 Å². The molecule has 0 bridgehead atoms. The Balaban J connectivity index is 0. The molecule has 0 aliphatic heterocycles. The Hall–Kier alpha value is 0.623. The van der Waals surface area contributed by atoms with E-state index < -0.39 is 0 Å². The summed E-state index contributed by atoms with van der Waals surface area (Å²) in [4.78, 5) is 0. The van der Waals surface area contributed by atoms with E-state index in [0.29, 0.717) is 0 Å². The van der Waals surface area contributed by atoms with E-state index in [1.165, 1.54) is 25.7 Å². The smallest absolute Gasteiger partial charge is 0 e. The van der Waals surface area contributed by atoms with Crippen LogP contribution in [-0.2, 0) is 19.5 Å². The number of hydrogen-bond donors (Lipinski definition) is 0. The standard InChI is InChI=1S/C8H12.C6H11.Rh/c1-2-4-6-8-7-5-3-1;1-3-5-6-4-2;/h1-2,7-8H,3-6H2;3,5-6H,4H2,1-2H3;. The van der Waals surface area contributed by atoms with Gasteiger partial charge in [0.1, 0.15) is 0 Å². The molecule has 0 unspecified atom stereocenters. The van der Waals surface area contributed by atoms with Gasteiger partial charge in [-0.15, -0.1) is 0 Å². The molecular weight excluding hydrogens is 271 g/mol. The molecule has 1 rings (SSSR count). The van der Waals surface area contributed by atoms with Gasteiger partial charge in [0, 0.05) is 19.5 Å². The first-order valence-electron chi connectivity index (χ1n) is 5.66. The molecular formula is C14H23Rh. The molecule has 0 aromatic carbocycles. The third-order valence-corrected chi connectivity index (χ3v) is 1.90. The van der Waals surface area contributed by atoms with Crippen molar-refractivity contribution in [2.75, 3.05) is 0 Å². The van der Waals surface area contributed by atoms with E-state index in [9.17, 15) is 0 Å². The van der Waals surface area contributed by atoms with Crippen LogP contribution in [0.5, 0.6) is 0 Å². The summed E-state index contributed by atoms with van der Waals surface area (Å²) in [6, 6.07) is 0. The third kappa shape index (κ3) is 17.2. The van der Waals surface area contributed by atoms with Gasteiger partial charge in [0.05, 0.1) is 0 Å². The van der Waals surface area contributed by atoms with Gasteiger partial charge in [-0.25, -0.2) is 0 Å². The van der Waals surface area contributed by atoms with Crippen LogP contribution < -0.4 is 0 Å². The first-order chi connectivity index (χ1) is 6.91. The zero-order valence-electron chi connectivity index (χ0n) is 9.91. The fourth-order valence-corrected chi connectivity index (χ4v) is 1.13. The number of rotatable bonds is 3. The van der Waals surface area contributed by atoms with Crippen LogP contribution in [0.2, 0.25) is 0 Å². The largest absolute Gasteiger partial charge is 0.0651 e. The van der Waals surface area contributed by atoms with Gasteiger partial charge in [0.15, 0.2) is 0 Å². The molecule has 0 heterocycles. The van der Waals surface area contributed by atoms with Gasteiger partial charge < -0.3 is 0 Å². The second-order valence-electron chi connectivity index (χ2n) is 3.27. The minimum absolute atomic E-state index is 0. The van der Waals surface area contributed by atoms with Crippen molar-refractivity contribution in [2.45, 2.75) is 46.0 Å². The number of hydrogen-bond acceptors (Lipinski definition) is 0. The average Bonchev–Trinajstić information content (AvgIpc) is 2.14. The first kappa shape index (κ1) is 18.0. The van der Waals surface area contributed by atoms with Crippen molar-refractivity contribution in [1.29, 1.82) is 0 Å². The number of unbranched alkanes of at least 4 members (excludes halogenated alkanes) is 3. The monoisotopic (exact) mass is 294 g/mol. The van der Waals surface area contributed by atoms with Crippen molar-refractivity contribution in [1.82, 2.24) is 0 Å². The van der Waals surface area contributed by atoms with E-state index in [4.69, 9.17) is 0 Å². The van der Waals surface area contributed by atoms with Gasteiger partial charge in [0.25, 0.3) is 0 Å². The summed E-state index contributed by atoms with van der Waals surface area (Å²) in [5.74, 6) is 0. The van der Waals surface area contributed by atoms with Crippen molar-refractivity contribution >= 4 is 0 Å². The van der Waals surface area contributed by atoms with Gasteiger partial charge in [-0.2, -0.15) is 0 Å². The molecule has 8 radical (unpaired) electrons. The van der Waals surface area contributed by atoms with Crippen molar-refractivity contribution in [2.24, 2.45) is 0 Å². The second-order valence-corrected chi connectivity index (χ2v) is 3.27. The van der Waals surface area contributed by atoms with E-state index in [1.54, 1.807) is 0 Å². The first-order valence-corrected chi connectivity index (χ1v) is 5.66. The zero-order chi connectivity index (χ0) is 10.5. The van der Waals surface area contributed by atoms with Crippen LogP contribution in [0.3, 0.4) is 0 Å². The summed E-state index contributed by atoms with van der Waals surface area (Å²) in [5.41, 5.74) is 0. The molecule has 0 aromatic heterocycles. The minimum atomic E-state index is 0. The molecule has 0 spiro atoms. The predicted molar refractivity (Wildman–Crippen MR) is 64.5 cm³/mol. The SMILES string of the molecule is C[CH][CH][CH]CC.[CH]1[CH]CC[CH][CH]CC1.[Rh]. The molecule has 1 fully saturated rings. The second kappa shape index (κ2) is 17.0. The molecule has 1 heteroatoms. The summed E-state index contributed by atoms with van der Waals surface area (Å²) < 4.78 is 0. The summed E-state index contributed by atoms with van der Waals surface area (Å²) >= 11 is 0. The molecule has 1 aliphatic rings. The molecule has 88 valence electrons. The molecule has 0 nitrogen and oxygen atoms in total. The van der Waals surface area contributed by atoms with Crippen molar-refractivity contribution in [3.63, 3.8) is 0 Å². The summed E-state index contributed by atoms with van der Waals surface area (Å²) in [6.45, 7) is 4.14. The maximum absolute atomic E-state index is 2.27. The van der Waals surface area contributed by atoms with E-state index in [2.05, 4.69) is 45.4 Å². The van der Waals surface area contributed by atoms with Crippen LogP contribution in [0.25, 0.3) is 0 Å². The molecule has 0 atom stereocenters. The van der Waals surface area contributed by atoms with Crippen LogP contribution in [0.1, 0.15) is 46.0 Å². The Morgan fingerprint density at radius 2 is 1.33 bits per heavy atom. The quantitative estimate of drug-likeness (QED) is 0.534. The predicted octanol–water partition coefficient (Wildman–Crippen LogP) is 4.40. The third-order valence-electron chi connectivity index (χ3n) is 1.90. The maximum atomic E-state index is 2.27. The molecule has 0 N–H and O–H groups in total. The van der Waals surface area contributed by atoms with Gasteiger partial charge in [0.2, 0.25) is 0 Å². The van der Waals surface area contributed by atoms with Crippen molar-refractivity contribution < 1.29 is 19.5 Å². The van der Waals surface area contributed by atoms with E-state index in [0.717, 1.165) is 6.42 Å². The summed E-state index contributed by atoms with van der Waals surface area (Å²) in [7, 11) is 0. The Kier molecular flexibility index (Phi) is 20.4. The minimum Gasteiger partial charge on any atom is -0.0651 e.